The van der Waals surface area contributed by atoms with Crippen LogP contribution in [0.2, 0.25) is 0 Å². The number of nitrogens with zero attached hydrogens (tertiary/aromatic N) is 2. The highest BCUT2D eigenvalue weighted by atomic mass is 16.4. The van der Waals surface area contributed by atoms with Crippen LogP contribution in [0.4, 0.5) is 0 Å². The first-order chi connectivity index (χ1) is 16.1. The van der Waals surface area contributed by atoms with Gasteiger partial charge in [0.05, 0.1) is 12.2 Å². The van der Waals surface area contributed by atoms with E-state index >= 15 is 0 Å². The number of amidine groups is 1. The molecule has 0 spiro atoms. The van der Waals surface area contributed by atoms with Crippen LogP contribution in [0.25, 0.3) is 0 Å². The van der Waals surface area contributed by atoms with E-state index in [1.54, 1.807) is 6.20 Å². The molecule has 1 unspecified atom stereocenters. The van der Waals surface area contributed by atoms with Gasteiger partial charge in [-0.1, -0.05) is 96.1 Å². The Hall–Kier alpha value is -1.46. The van der Waals surface area contributed by atoms with Crippen LogP contribution in [0.3, 0.4) is 0 Å². The number of carboxylic acid groups (broad SMARTS) is 1. The summed E-state index contributed by atoms with van der Waals surface area (Å²) in [4.78, 5) is 15.6. The molecule has 2 N–H and O–H groups in total. The number of aliphatic carboxylic acids is 1. The van der Waals surface area contributed by atoms with E-state index in [2.05, 4.69) is 24.1 Å². The highest BCUT2D eigenvalue weighted by molar-refractivity contribution is 5.80. The minimum atomic E-state index is -1.05. The van der Waals surface area contributed by atoms with Gasteiger partial charge in [0, 0.05) is 13.0 Å². The van der Waals surface area contributed by atoms with Gasteiger partial charge in [0.25, 0.3) is 0 Å². The number of nitrogens with two attached hydrogens (primary N) is 1. The molecule has 0 aromatic rings. The molecule has 5 nitrogen and oxygen atoms in total. The summed E-state index contributed by atoms with van der Waals surface area (Å²) in [6.45, 7) is 3.20. The van der Waals surface area contributed by atoms with Crippen molar-refractivity contribution in [2.24, 2.45) is 10.7 Å². The van der Waals surface area contributed by atoms with E-state index in [-0.39, 0.29) is 11.0 Å². The zero-order chi connectivity index (χ0) is 24.0. The second-order valence-electron chi connectivity index (χ2n) is 9.67. The van der Waals surface area contributed by atoms with Crippen LogP contribution in [-0.2, 0) is 4.79 Å². The zero-order valence-corrected chi connectivity index (χ0v) is 21.4. The molecule has 0 radical (unpaired) electrons. The molecule has 1 atom stereocenters. The second-order valence-corrected chi connectivity index (χ2v) is 9.67. The average Bonchev–Trinajstić information content (AvgIpc) is 3.16. The zero-order valence-electron chi connectivity index (χ0n) is 21.4. The third-order valence-electron chi connectivity index (χ3n) is 6.69. The number of carboxylic acids is 1. The van der Waals surface area contributed by atoms with Gasteiger partial charge in [-0.05, 0) is 32.1 Å². The van der Waals surface area contributed by atoms with E-state index < -0.39 is 5.97 Å². The molecule has 0 aromatic heterocycles. The van der Waals surface area contributed by atoms with E-state index in [4.69, 9.17) is 5.73 Å². The number of rotatable bonds is 23. The van der Waals surface area contributed by atoms with Crippen LogP contribution in [-0.4, -0.2) is 35.9 Å². The average molecular weight is 462 g/mol. The minimum absolute atomic E-state index is 0.0668. The molecule has 0 amide bonds. The molecule has 0 bridgehead atoms. The third-order valence-corrected chi connectivity index (χ3v) is 6.69. The van der Waals surface area contributed by atoms with Crippen LogP contribution < -0.4 is 10.8 Å². The highest BCUT2D eigenvalue weighted by Gasteiger charge is 2.34. The van der Waals surface area contributed by atoms with Gasteiger partial charge in [0.15, 0.2) is 0 Å². The predicted molar refractivity (Wildman–Crippen MR) is 139 cm³/mol. The molecule has 0 aromatic carbocycles. The van der Waals surface area contributed by atoms with Crippen molar-refractivity contribution in [1.29, 1.82) is 0 Å². The summed E-state index contributed by atoms with van der Waals surface area (Å²) < 4.78 is 0.245. The molecule has 33 heavy (non-hydrogen) atoms. The largest absolute Gasteiger partial charge is 0.544 e. The highest BCUT2D eigenvalue weighted by Crippen LogP contribution is 2.21. The van der Waals surface area contributed by atoms with Crippen molar-refractivity contribution in [3.63, 3.8) is 0 Å². The molecule has 1 rings (SSSR count). The summed E-state index contributed by atoms with van der Waals surface area (Å²) in [5.74, 6) is -0.124. The number of carbonyl (C=O) groups excluding carboxylic acids is 1. The number of hydrogen-bond acceptors (Lipinski definition) is 4. The van der Waals surface area contributed by atoms with Crippen LogP contribution in [0.15, 0.2) is 29.5 Å². The van der Waals surface area contributed by atoms with Crippen LogP contribution in [0, 0.1) is 0 Å². The van der Waals surface area contributed by atoms with Gasteiger partial charge in [-0.3, -0.25) is 0 Å². The molecule has 5 heteroatoms. The first-order valence-corrected chi connectivity index (χ1v) is 13.8. The maximum Gasteiger partial charge on any atom is 0.207 e. The van der Waals surface area contributed by atoms with Gasteiger partial charge in [-0.15, -0.1) is 0 Å². The molecule has 1 heterocycles. The fraction of sp³-hybridized carbons (Fsp3) is 0.786. The van der Waals surface area contributed by atoms with Crippen LogP contribution in [0.5, 0.6) is 0 Å². The number of unbranched alkanes of at least 4 members (excludes halogenated alkanes) is 15. The van der Waals surface area contributed by atoms with Crippen molar-refractivity contribution in [3.05, 3.63) is 24.6 Å². The standard InChI is InChI=1S/C28H51N3O2/c1-2-3-4-5-6-7-8-9-10-11-12-13-14-15-16-17-18-19-20-21-27-30-23-25-31(27,24-22-29)26-28(32)33/h6-7,23,25H,2-5,8-22,24,26,29H2,1H3/b7-6+. The molecule has 1 aliphatic rings. The summed E-state index contributed by atoms with van der Waals surface area (Å²) in [6.07, 6.45) is 31.5. The van der Waals surface area contributed by atoms with Gasteiger partial charge in [-0.2, -0.15) is 0 Å². The van der Waals surface area contributed by atoms with Gasteiger partial charge in [0.1, 0.15) is 19.3 Å². The van der Waals surface area contributed by atoms with Crippen LogP contribution in [0.1, 0.15) is 122 Å². The topological polar surface area (TPSA) is 78.5 Å². The SMILES string of the molecule is CCCCC/C=C/CCCCCCCCCCCCCCC1=NC=C[N+]1(CCN)CC(=O)[O-]. The van der Waals surface area contributed by atoms with Crippen molar-refractivity contribution in [3.8, 4) is 0 Å². The van der Waals surface area contributed by atoms with Gasteiger partial charge < -0.3 is 15.6 Å². The van der Waals surface area contributed by atoms with E-state index in [1.807, 2.05) is 6.20 Å². The van der Waals surface area contributed by atoms with Gasteiger partial charge in [0.2, 0.25) is 5.84 Å². The molecular weight excluding hydrogens is 410 g/mol. The lowest BCUT2D eigenvalue weighted by Crippen LogP contribution is -2.55. The van der Waals surface area contributed by atoms with Crippen molar-refractivity contribution in [2.45, 2.75) is 122 Å². The predicted octanol–water partition coefficient (Wildman–Crippen LogP) is 5.99. The van der Waals surface area contributed by atoms with Crippen molar-refractivity contribution >= 4 is 11.8 Å². The first-order valence-electron chi connectivity index (χ1n) is 13.8. The first kappa shape index (κ1) is 29.6. The Balaban J connectivity index is 1.91. The molecule has 0 saturated carbocycles. The lowest BCUT2D eigenvalue weighted by atomic mass is 10.0. The number of allylic oxidation sites excluding steroid dienone is 2. The summed E-state index contributed by atoms with van der Waals surface area (Å²) in [6, 6.07) is 0. The third kappa shape index (κ3) is 14.4. The quantitative estimate of drug-likeness (QED) is 0.115. The van der Waals surface area contributed by atoms with Crippen LogP contribution >= 0.6 is 0 Å². The van der Waals surface area contributed by atoms with Crippen molar-refractivity contribution in [2.75, 3.05) is 19.6 Å². The lowest BCUT2D eigenvalue weighted by Gasteiger charge is -2.32. The fourth-order valence-electron chi connectivity index (χ4n) is 4.68. The van der Waals surface area contributed by atoms with Crippen molar-refractivity contribution in [1.82, 2.24) is 0 Å². The molecule has 190 valence electrons. The smallest absolute Gasteiger partial charge is 0.207 e. The second kappa shape index (κ2) is 20.0. The number of quaternary nitrogens is 1. The maximum absolute atomic E-state index is 11.2. The Labute approximate surface area is 203 Å². The Morgan fingerprint density at radius 2 is 1.39 bits per heavy atom. The van der Waals surface area contributed by atoms with E-state index in [1.165, 1.54) is 103 Å². The summed E-state index contributed by atoms with van der Waals surface area (Å²) >= 11 is 0. The molecular formula is C28H51N3O2. The summed E-state index contributed by atoms with van der Waals surface area (Å²) in [7, 11) is 0. The summed E-state index contributed by atoms with van der Waals surface area (Å²) in [5, 5.41) is 11.2. The molecule has 0 saturated heterocycles. The molecule has 0 fully saturated rings. The Morgan fingerprint density at radius 3 is 1.91 bits per heavy atom. The van der Waals surface area contributed by atoms with E-state index in [9.17, 15) is 9.90 Å². The fourth-order valence-corrected chi connectivity index (χ4v) is 4.68. The monoisotopic (exact) mass is 461 g/mol. The molecule has 0 aliphatic carbocycles. The summed E-state index contributed by atoms with van der Waals surface area (Å²) in [5.41, 5.74) is 5.71. The lowest BCUT2D eigenvalue weighted by molar-refractivity contribution is -0.780. The molecule has 1 aliphatic heterocycles. The Kier molecular flexibility index (Phi) is 17.9. The van der Waals surface area contributed by atoms with Gasteiger partial charge >= 0.3 is 0 Å². The number of aliphatic imine (C=N–C) groups is 1. The Bertz CT molecular complexity index is 586. The minimum Gasteiger partial charge on any atom is -0.544 e. The van der Waals surface area contributed by atoms with Crippen molar-refractivity contribution < 1.29 is 14.4 Å². The van der Waals surface area contributed by atoms with Gasteiger partial charge in [-0.25, -0.2) is 9.48 Å². The number of hydrogen-bond donors (Lipinski definition) is 1. The van der Waals surface area contributed by atoms with E-state index in [0.717, 1.165) is 18.7 Å². The maximum atomic E-state index is 11.2. The van der Waals surface area contributed by atoms with E-state index in [0.29, 0.717) is 13.1 Å². The number of carbonyl (C=O) groups is 1. The Morgan fingerprint density at radius 1 is 0.879 bits per heavy atom. The normalized spacial score (nSPS) is 17.8.